The summed E-state index contributed by atoms with van der Waals surface area (Å²) in [6.45, 7) is 0. The van der Waals surface area contributed by atoms with E-state index in [1.807, 2.05) is 12.1 Å². The number of carbonyl (C=O) groups excluding carboxylic acids is 1. The topological polar surface area (TPSA) is 77.8 Å². The van der Waals surface area contributed by atoms with Crippen molar-refractivity contribution in [2.24, 2.45) is 0 Å². The van der Waals surface area contributed by atoms with Crippen molar-refractivity contribution in [3.8, 4) is 11.3 Å². The molecule has 0 radical (unpaired) electrons. The molecule has 0 aliphatic rings. The SMILES string of the molecule is O=C(Nc1ccc(-c2cc(=O)[nH][nH]2)cc1)c1csc(Br)c1. The van der Waals surface area contributed by atoms with Crippen LogP contribution in [-0.4, -0.2) is 16.1 Å². The predicted octanol–water partition coefficient (Wildman–Crippen LogP) is 3.45. The van der Waals surface area contributed by atoms with Crippen LogP contribution in [0, 0.1) is 0 Å². The maximum atomic E-state index is 12.0. The van der Waals surface area contributed by atoms with Gasteiger partial charge in [0.15, 0.2) is 0 Å². The maximum Gasteiger partial charge on any atom is 0.264 e. The van der Waals surface area contributed by atoms with Gasteiger partial charge in [0.2, 0.25) is 0 Å². The van der Waals surface area contributed by atoms with Crippen molar-refractivity contribution >= 4 is 38.9 Å². The first kappa shape index (κ1) is 13.8. The Morgan fingerprint density at radius 3 is 2.48 bits per heavy atom. The highest BCUT2D eigenvalue weighted by Crippen LogP contribution is 2.22. The molecular weight excluding hydrogens is 354 g/mol. The number of aromatic nitrogens is 2. The Labute approximate surface area is 132 Å². The van der Waals surface area contributed by atoms with E-state index in [1.165, 1.54) is 17.4 Å². The zero-order valence-corrected chi connectivity index (χ0v) is 13.0. The molecule has 3 N–H and O–H groups in total. The lowest BCUT2D eigenvalue weighted by Gasteiger charge is -2.04. The summed E-state index contributed by atoms with van der Waals surface area (Å²) in [6.07, 6.45) is 0. The van der Waals surface area contributed by atoms with E-state index < -0.39 is 0 Å². The molecule has 0 saturated carbocycles. The van der Waals surface area contributed by atoms with Gasteiger partial charge in [0, 0.05) is 17.1 Å². The van der Waals surface area contributed by atoms with E-state index in [1.54, 1.807) is 23.6 Å². The van der Waals surface area contributed by atoms with Crippen molar-refractivity contribution in [1.82, 2.24) is 10.2 Å². The lowest BCUT2D eigenvalue weighted by atomic mass is 10.1. The van der Waals surface area contributed by atoms with Crippen LogP contribution in [0.4, 0.5) is 5.69 Å². The van der Waals surface area contributed by atoms with Crippen LogP contribution in [0.1, 0.15) is 10.4 Å². The van der Waals surface area contributed by atoms with Gasteiger partial charge >= 0.3 is 0 Å². The van der Waals surface area contributed by atoms with Crippen LogP contribution in [0.5, 0.6) is 0 Å². The van der Waals surface area contributed by atoms with Gasteiger partial charge in [0.25, 0.3) is 11.5 Å². The second-order valence-electron chi connectivity index (χ2n) is 4.34. The standard InChI is InChI=1S/C14H10BrN3O2S/c15-12-5-9(7-21-12)14(20)16-10-3-1-8(2-4-10)11-6-13(19)18-17-11/h1-7H,(H,16,20)(H2,17,18,19). The molecule has 2 heterocycles. The molecule has 3 rings (SSSR count). The molecule has 0 aliphatic carbocycles. The zero-order valence-electron chi connectivity index (χ0n) is 10.6. The summed E-state index contributed by atoms with van der Waals surface area (Å²) >= 11 is 4.79. The van der Waals surface area contributed by atoms with E-state index in [4.69, 9.17) is 0 Å². The zero-order chi connectivity index (χ0) is 14.8. The quantitative estimate of drug-likeness (QED) is 0.666. The molecule has 0 spiro atoms. The molecule has 0 unspecified atom stereocenters. The molecule has 2 aromatic heterocycles. The van der Waals surface area contributed by atoms with Gasteiger partial charge in [-0.15, -0.1) is 11.3 Å². The lowest BCUT2D eigenvalue weighted by Crippen LogP contribution is -2.10. The first-order valence-corrected chi connectivity index (χ1v) is 7.72. The smallest absolute Gasteiger partial charge is 0.264 e. The molecule has 1 amide bonds. The molecule has 0 saturated heterocycles. The van der Waals surface area contributed by atoms with E-state index in [2.05, 4.69) is 31.4 Å². The number of nitrogens with one attached hydrogen (secondary N) is 3. The van der Waals surface area contributed by atoms with E-state index in [0.717, 1.165) is 9.35 Å². The molecule has 0 aliphatic heterocycles. The Morgan fingerprint density at radius 1 is 1.14 bits per heavy atom. The highest BCUT2D eigenvalue weighted by atomic mass is 79.9. The van der Waals surface area contributed by atoms with Crippen molar-refractivity contribution < 1.29 is 4.79 Å². The second kappa shape index (κ2) is 5.71. The summed E-state index contributed by atoms with van der Waals surface area (Å²) in [5.74, 6) is -0.153. The van der Waals surface area contributed by atoms with Gasteiger partial charge < -0.3 is 5.32 Å². The van der Waals surface area contributed by atoms with Crippen molar-refractivity contribution in [2.45, 2.75) is 0 Å². The van der Waals surface area contributed by atoms with Crippen LogP contribution in [-0.2, 0) is 0 Å². The first-order chi connectivity index (χ1) is 10.1. The minimum absolute atomic E-state index is 0.153. The van der Waals surface area contributed by atoms with E-state index in [0.29, 0.717) is 16.9 Å². The van der Waals surface area contributed by atoms with Crippen LogP contribution in [0.3, 0.4) is 0 Å². The molecule has 1 aromatic carbocycles. The van der Waals surface area contributed by atoms with E-state index in [-0.39, 0.29) is 11.5 Å². The number of hydrogen-bond donors (Lipinski definition) is 3. The first-order valence-electron chi connectivity index (χ1n) is 6.05. The number of halogens is 1. The maximum absolute atomic E-state index is 12.0. The Balaban J connectivity index is 1.75. The Kier molecular flexibility index (Phi) is 3.76. The third-order valence-electron chi connectivity index (χ3n) is 2.88. The van der Waals surface area contributed by atoms with E-state index in [9.17, 15) is 9.59 Å². The molecule has 3 aromatic rings. The summed E-state index contributed by atoms with van der Waals surface area (Å²) in [5, 5.41) is 9.88. The molecule has 7 heteroatoms. The van der Waals surface area contributed by atoms with Gasteiger partial charge in [-0.25, -0.2) is 0 Å². The number of carbonyl (C=O) groups is 1. The normalized spacial score (nSPS) is 10.5. The molecule has 5 nitrogen and oxygen atoms in total. The van der Waals surface area contributed by atoms with Crippen molar-refractivity contribution in [3.05, 3.63) is 61.5 Å². The fourth-order valence-electron chi connectivity index (χ4n) is 1.85. The van der Waals surface area contributed by atoms with Gasteiger partial charge in [-0.2, -0.15) is 0 Å². The predicted molar refractivity (Wildman–Crippen MR) is 86.8 cm³/mol. The summed E-state index contributed by atoms with van der Waals surface area (Å²) < 4.78 is 0.916. The van der Waals surface area contributed by atoms with Crippen LogP contribution in [0.25, 0.3) is 11.3 Å². The van der Waals surface area contributed by atoms with Gasteiger partial charge in [-0.05, 0) is 39.7 Å². The highest BCUT2D eigenvalue weighted by Gasteiger charge is 2.08. The van der Waals surface area contributed by atoms with Crippen molar-refractivity contribution in [2.75, 3.05) is 5.32 Å². The van der Waals surface area contributed by atoms with Crippen LogP contribution >= 0.6 is 27.3 Å². The number of thiophene rings is 1. The Morgan fingerprint density at radius 2 is 1.90 bits per heavy atom. The van der Waals surface area contributed by atoms with Crippen LogP contribution < -0.4 is 10.9 Å². The third-order valence-corrected chi connectivity index (χ3v) is 4.38. The van der Waals surface area contributed by atoms with Crippen molar-refractivity contribution in [1.29, 1.82) is 0 Å². The number of amides is 1. The van der Waals surface area contributed by atoms with Crippen LogP contribution in [0.15, 0.2) is 50.4 Å². The molecule has 0 atom stereocenters. The van der Waals surface area contributed by atoms with Gasteiger partial charge in [-0.3, -0.25) is 19.8 Å². The Hall–Kier alpha value is -2.12. The van der Waals surface area contributed by atoms with Gasteiger partial charge in [0.05, 0.1) is 15.0 Å². The summed E-state index contributed by atoms with van der Waals surface area (Å²) in [6, 6.07) is 10.5. The van der Waals surface area contributed by atoms with Gasteiger partial charge in [-0.1, -0.05) is 12.1 Å². The fourth-order valence-corrected chi connectivity index (χ4v) is 2.99. The summed E-state index contributed by atoms with van der Waals surface area (Å²) in [5.41, 5.74) is 2.71. The molecule has 0 bridgehead atoms. The summed E-state index contributed by atoms with van der Waals surface area (Å²) in [4.78, 5) is 23.1. The monoisotopic (exact) mass is 363 g/mol. The summed E-state index contributed by atoms with van der Waals surface area (Å²) in [7, 11) is 0. The minimum atomic E-state index is -0.176. The molecule has 0 fully saturated rings. The fraction of sp³-hybridized carbons (Fsp3) is 0. The number of H-pyrrole nitrogens is 2. The second-order valence-corrected chi connectivity index (χ2v) is 6.63. The molecule has 106 valence electrons. The number of benzene rings is 1. The van der Waals surface area contributed by atoms with Gasteiger partial charge in [0.1, 0.15) is 0 Å². The average Bonchev–Trinajstić information content (AvgIpc) is 3.08. The average molecular weight is 364 g/mol. The largest absolute Gasteiger partial charge is 0.322 e. The lowest BCUT2D eigenvalue weighted by molar-refractivity contribution is 0.102. The van der Waals surface area contributed by atoms with Crippen molar-refractivity contribution in [3.63, 3.8) is 0 Å². The third kappa shape index (κ3) is 3.14. The molecular formula is C14H10BrN3O2S. The number of hydrogen-bond acceptors (Lipinski definition) is 3. The number of aromatic amines is 2. The Bertz CT molecular complexity index is 832. The number of rotatable bonds is 3. The van der Waals surface area contributed by atoms with E-state index >= 15 is 0 Å². The highest BCUT2D eigenvalue weighted by molar-refractivity contribution is 9.11. The number of anilines is 1. The molecule has 21 heavy (non-hydrogen) atoms. The minimum Gasteiger partial charge on any atom is -0.322 e. The van der Waals surface area contributed by atoms with Crippen LogP contribution in [0.2, 0.25) is 0 Å².